The first kappa shape index (κ1) is 18.5. The first-order chi connectivity index (χ1) is 12.2. The number of nitrogens with zero attached hydrogens (tertiary/aromatic N) is 4. The molecule has 2 N–H and O–H groups in total. The van der Waals surface area contributed by atoms with Crippen LogP contribution in [0, 0.1) is 12.8 Å². The zero-order valence-corrected chi connectivity index (χ0v) is 15.8. The van der Waals surface area contributed by atoms with Gasteiger partial charge in [0.05, 0.1) is 5.60 Å². The van der Waals surface area contributed by atoms with Gasteiger partial charge in [0.1, 0.15) is 28.3 Å². The quantitative estimate of drug-likeness (QED) is 0.798. The molecule has 0 aliphatic carbocycles. The van der Waals surface area contributed by atoms with Crippen LogP contribution in [-0.2, 0) is 0 Å². The molecule has 3 heterocycles. The maximum atomic E-state index is 12.4. The van der Waals surface area contributed by atoms with Crippen LogP contribution < -0.4 is 10.2 Å². The predicted molar refractivity (Wildman–Crippen MR) is 101 cm³/mol. The Hall–Kier alpha value is -2.25. The monoisotopic (exact) mass is 375 g/mol. The van der Waals surface area contributed by atoms with E-state index in [-0.39, 0.29) is 22.7 Å². The number of nitrogens with one attached hydrogen (secondary N) is 1. The molecule has 8 heteroatoms. The molecule has 26 heavy (non-hydrogen) atoms. The normalized spacial score (nSPS) is 17.4. The van der Waals surface area contributed by atoms with Gasteiger partial charge in [-0.25, -0.2) is 15.0 Å². The van der Waals surface area contributed by atoms with Gasteiger partial charge in [0.2, 0.25) is 0 Å². The summed E-state index contributed by atoms with van der Waals surface area (Å²) in [6, 6.07) is 6.60. The topological polar surface area (TPSA) is 91.2 Å². The Bertz CT molecular complexity index is 821. The number of anilines is 2. The average Bonchev–Trinajstić information content (AvgIpc) is 3.04. The van der Waals surface area contributed by atoms with E-state index in [0.717, 1.165) is 18.8 Å². The van der Waals surface area contributed by atoms with Crippen molar-refractivity contribution in [2.24, 2.45) is 5.92 Å². The average molecular weight is 376 g/mol. The lowest BCUT2D eigenvalue weighted by atomic mass is 9.90. The highest BCUT2D eigenvalue weighted by atomic mass is 35.5. The molecule has 138 valence electrons. The Morgan fingerprint density at radius 2 is 2.12 bits per heavy atom. The van der Waals surface area contributed by atoms with Gasteiger partial charge in [0.15, 0.2) is 0 Å². The number of hydrogen-bond acceptors (Lipinski definition) is 6. The minimum atomic E-state index is -0.730. The van der Waals surface area contributed by atoms with E-state index in [0.29, 0.717) is 18.2 Å². The molecule has 1 aliphatic heterocycles. The third-order valence-electron chi connectivity index (χ3n) is 4.53. The Balaban J connectivity index is 1.77. The van der Waals surface area contributed by atoms with E-state index in [1.165, 1.54) is 0 Å². The molecule has 1 amide bonds. The molecule has 3 rings (SSSR count). The molecular formula is C18H22ClN5O2. The van der Waals surface area contributed by atoms with Gasteiger partial charge < -0.3 is 15.3 Å². The Morgan fingerprint density at radius 3 is 2.77 bits per heavy atom. The van der Waals surface area contributed by atoms with Crippen LogP contribution in [0.2, 0.25) is 5.15 Å². The van der Waals surface area contributed by atoms with Crippen molar-refractivity contribution in [2.45, 2.75) is 32.8 Å². The Labute approximate surface area is 157 Å². The van der Waals surface area contributed by atoms with E-state index < -0.39 is 5.60 Å². The molecule has 0 aromatic carbocycles. The zero-order valence-electron chi connectivity index (χ0n) is 15.0. The second-order valence-corrected chi connectivity index (χ2v) is 7.43. The number of hydrogen-bond donors (Lipinski definition) is 2. The molecule has 1 fully saturated rings. The van der Waals surface area contributed by atoms with Crippen molar-refractivity contribution in [2.75, 3.05) is 23.3 Å². The summed E-state index contributed by atoms with van der Waals surface area (Å²) in [7, 11) is 0. The molecule has 1 unspecified atom stereocenters. The molecule has 0 saturated carbocycles. The molecule has 2 aromatic rings. The van der Waals surface area contributed by atoms with Gasteiger partial charge >= 0.3 is 0 Å². The van der Waals surface area contributed by atoms with E-state index in [2.05, 4.69) is 25.2 Å². The van der Waals surface area contributed by atoms with Gasteiger partial charge in [-0.3, -0.25) is 4.79 Å². The van der Waals surface area contributed by atoms with Crippen molar-refractivity contribution >= 4 is 29.1 Å². The van der Waals surface area contributed by atoms with Crippen molar-refractivity contribution in [3.8, 4) is 0 Å². The molecule has 0 radical (unpaired) electrons. The highest BCUT2D eigenvalue weighted by Crippen LogP contribution is 2.30. The van der Waals surface area contributed by atoms with Gasteiger partial charge in [-0.05, 0) is 39.3 Å². The van der Waals surface area contributed by atoms with Gasteiger partial charge in [-0.2, -0.15) is 0 Å². The van der Waals surface area contributed by atoms with Crippen molar-refractivity contribution in [1.29, 1.82) is 0 Å². The summed E-state index contributed by atoms with van der Waals surface area (Å²) in [5, 5.41) is 13.2. The minimum absolute atomic E-state index is 0.173. The Morgan fingerprint density at radius 1 is 1.35 bits per heavy atom. The molecule has 0 spiro atoms. The van der Waals surface area contributed by atoms with E-state index >= 15 is 0 Å². The van der Waals surface area contributed by atoms with Crippen LogP contribution in [0.15, 0.2) is 24.3 Å². The van der Waals surface area contributed by atoms with Crippen LogP contribution in [0.25, 0.3) is 0 Å². The van der Waals surface area contributed by atoms with Crippen molar-refractivity contribution < 1.29 is 9.90 Å². The van der Waals surface area contributed by atoms with E-state index in [1.54, 1.807) is 31.2 Å². The second-order valence-electron chi connectivity index (χ2n) is 7.04. The first-order valence-electron chi connectivity index (χ1n) is 8.49. The predicted octanol–water partition coefficient (Wildman–Crippen LogP) is 2.68. The summed E-state index contributed by atoms with van der Waals surface area (Å²) in [6.45, 7) is 6.95. The van der Waals surface area contributed by atoms with Crippen molar-refractivity contribution in [1.82, 2.24) is 15.0 Å². The van der Waals surface area contributed by atoms with Crippen molar-refractivity contribution in [3.63, 3.8) is 0 Å². The maximum absolute atomic E-state index is 12.4. The number of aryl methyl sites for hydroxylation is 1. The smallest absolute Gasteiger partial charge is 0.275 e. The molecule has 7 nitrogen and oxygen atoms in total. The standard InChI is InChI=1S/C18H22ClN5O2/c1-11-20-15(23-17(25)13-5-4-6-14(19)22-13)9-16(21-11)24-8-7-12(10-24)18(2,3)26/h4-6,9,12,26H,7-8,10H2,1-3H3,(H,20,21,23,25). The number of carbonyl (C=O) groups is 1. The number of aromatic nitrogens is 3. The lowest BCUT2D eigenvalue weighted by Crippen LogP contribution is -2.33. The maximum Gasteiger partial charge on any atom is 0.275 e. The number of rotatable bonds is 4. The summed E-state index contributed by atoms with van der Waals surface area (Å²) >= 11 is 5.84. The lowest BCUT2D eigenvalue weighted by molar-refractivity contribution is 0.0263. The second kappa shape index (κ2) is 7.17. The summed E-state index contributed by atoms with van der Waals surface area (Å²) in [4.78, 5) is 27.2. The largest absolute Gasteiger partial charge is 0.390 e. The fourth-order valence-electron chi connectivity index (χ4n) is 3.04. The molecule has 1 aliphatic rings. The summed E-state index contributed by atoms with van der Waals surface area (Å²) in [5.74, 6) is 1.49. The third kappa shape index (κ3) is 4.28. The Kier molecular flexibility index (Phi) is 5.11. The molecule has 1 saturated heterocycles. The number of carbonyl (C=O) groups excluding carboxylic acids is 1. The molecule has 1 atom stereocenters. The van der Waals surface area contributed by atoms with Crippen LogP contribution in [0.1, 0.15) is 36.6 Å². The van der Waals surface area contributed by atoms with E-state index in [4.69, 9.17) is 11.6 Å². The number of aliphatic hydroxyl groups is 1. The fourth-order valence-corrected chi connectivity index (χ4v) is 3.20. The number of amides is 1. The zero-order chi connectivity index (χ0) is 18.9. The summed E-state index contributed by atoms with van der Waals surface area (Å²) in [5.41, 5.74) is -0.509. The highest BCUT2D eigenvalue weighted by Gasteiger charge is 2.34. The van der Waals surface area contributed by atoms with Crippen molar-refractivity contribution in [3.05, 3.63) is 40.9 Å². The van der Waals surface area contributed by atoms with Crippen LogP contribution in [-0.4, -0.2) is 44.7 Å². The van der Waals surface area contributed by atoms with Crippen LogP contribution in [0.5, 0.6) is 0 Å². The van der Waals surface area contributed by atoms with Crippen LogP contribution >= 0.6 is 11.6 Å². The lowest BCUT2D eigenvalue weighted by Gasteiger charge is -2.26. The van der Waals surface area contributed by atoms with Crippen LogP contribution in [0.4, 0.5) is 11.6 Å². The fraction of sp³-hybridized carbons (Fsp3) is 0.444. The number of halogens is 1. The first-order valence-corrected chi connectivity index (χ1v) is 8.87. The van der Waals surface area contributed by atoms with Gasteiger partial charge in [0, 0.05) is 25.1 Å². The summed E-state index contributed by atoms with van der Waals surface area (Å²) in [6.07, 6.45) is 0.890. The molecular weight excluding hydrogens is 354 g/mol. The minimum Gasteiger partial charge on any atom is -0.390 e. The summed E-state index contributed by atoms with van der Waals surface area (Å²) < 4.78 is 0. The van der Waals surface area contributed by atoms with Crippen LogP contribution in [0.3, 0.4) is 0 Å². The van der Waals surface area contributed by atoms with Gasteiger partial charge in [-0.1, -0.05) is 17.7 Å². The number of pyridine rings is 1. The van der Waals surface area contributed by atoms with Gasteiger partial charge in [-0.15, -0.1) is 0 Å². The van der Waals surface area contributed by atoms with E-state index in [1.807, 2.05) is 13.8 Å². The molecule has 2 aromatic heterocycles. The van der Waals surface area contributed by atoms with Gasteiger partial charge in [0.25, 0.3) is 5.91 Å². The molecule has 0 bridgehead atoms. The highest BCUT2D eigenvalue weighted by molar-refractivity contribution is 6.29. The SMILES string of the molecule is Cc1nc(NC(=O)c2cccc(Cl)n2)cc(N2CCC(C(C)(C)O)C2)n1. The van der Waals surface area contributed by atoms with E-state index in [9.17, 15) is 9.90 Å². The third-order valence-corrected chi connectivity index (χ3v) is 4.74.